The second-order valence-corrected chi connectivity index (χ2v) is 10.1. The maximum absolute atomic E-state index is 9.47. The molecule has 1 fully saturated rings. The fourth-order valence-corrected chi connectivity index (χ4v) is 6.94. The van der Waals surface area contributed by atoms with Crippen molar-refractivity contribution in [1.29, 1.82) is 5.26 Å². The summed E-state index contributed by atoms with van der Waals surface area (Å²) in [4.78, 5) is 5.01. The Morgan fingerprint density at radius 3 is 2.45 bits per heavy atom. The van der Waals surface area contributed by atoms with Gasteiger partial charge in [-0.05, 0) is 77.6 Å². The molecule has 0 bridgehead atoms. The largest absolute Gasteiger partial charge is 0.497 e. The molecule has 5 atom stereocenters. The summed E-state index contributed by atoms with van der Waals surface area (Å²) >= 11 is 0. The number of fused-ring (bicyclic) bond motifs is 3. The van der Waals surface area contributed by atoms with Crippen LogP contribution in [0.2, 0.25) is 0 Å². The third-order valence-corrected chi connectivity index (χ3v) is 8.12. The van der Waals surface area contributed by atoms with E-state index in [2.05, 4.69) is 38.1 Å². The number of methoxy groups -OCH3 is 2. The Morgan fingerprint density at radius 2 is 1.85 bits per heavy atom. The number of nitrogens with zero attached hydrogens (tertiary/aromatic N) is 2. The van der Waals surface area contributed by atoms with Gasteiger partial charge >= 0.3 is 0 Å². The molecule has 3 aliphatic rings. The highest BCUT2D eigenvalue weighted by molar-refractivity contribution is 5.76. The molecule has 1 heterocycles. The van der Waals surface area contributed by atoms with Crippen molar-refractivity contribution < 1.29 is 14.2 Å². The van der Waals surface area contributed by atoms with Crippen LogP contribution in [0.3, 0.4) is 0 Å². The molecule has 3 unspecified atom stereocenters. The van der Waals surface area contributed by atoms with E-state index in [0.717, 1.165) is 30.4 Å². The summed E-state index contributed by atoms with van der Waals surface area (Å²) in [6.07, 6.45) is 3.22. The number of nitriles is 1. The maximum atomic E-state index is 9.47. The summed E-state index contributed by atoms with van der Waals surface area (Å²) in [7, 11) is 3.44. The lowest BCUT2D eigenvalue weighted by molar-refractivity contribution is -0.0779. The highest BCUT2D eigenvalue weighted by atomic mass is 16.5. The summed E-state index contributed by atoms with van der Waals surface area (Å²) in [6.45, 7) is 5.04. The van der Waals surface area contributed by atoms with Crippen LogP contribution in [0.1, 0.15) is 43.4 Å². The normalized spacial score (nSPS) is 32.3. The van der Waals surface area contributed by atoms with Gasteiger partial charge in [-0.25, -0.2) is 4.99 Å². The summed E-state index contributed by atoms with van der Waals surface area (Å²) in [5.74, 6) is 1.50. The lowest BCUT2D eigenvalue weighted by Crippen LogP contribution is -2.51. The van der Waals surface area contributed by atoms with Crippen LogP contribution in [0.5, 0.6) is 5.75 Å². The van der Waals surface area contributed by atoms with Crippen LogP contribution in [-0.4, -0.2) is 33.0 Å². The first-order valence-corrected chi connectivity index (χ1v) is 11.6. The summed E-state index contributed by atoms with van der Waals surface area (Å²) in [5, 5.41) is 9.47. The van der Waals surface area contributed by atoms with E-state index in [0.29, 0.717) is 29.8 Å². The van der Waals surface area contributed by atoms with Crippen molar-refractivity contribution in [3.05, 3.63) is 53.1 Å². The quantitative estimate of drug-likeness (QED) is 0.756. The standard InChI is InChI=1S/C27H31N3O3/c1-16-11-26(12-17(2)24(16)32-4)13-20-6-5-19(10-23(20)27(26)15-33-25(29)30-27)21-7-18(14-28)8-22(9-21)31-3/h5-10,16-17,24H,11-13,15H2,1-4H3,(H2,29,30)/t16-,17+,24?,26?,27?. The molecular formula is C27H31N3O3. The molecule has 0 amide bonds. The average molecular weight is 446 g/mol. The molecule has 0 saturated heterocycles. The second-order valence-electron chi connectivity index (χ2n) is 10.1. The van der Waals surface area contributed by atoms with Gasteiger partial charge in [-0.1, -0.05) is 26.0 Å². The topological polar surface area (TPSA) is 89.9 Å². The molecule has 2 spiro atoms. The SMILES string of the molecule is COc1cc(C#N)cc(-c2ccc3c(c2)C2(COC(N)=N2)C2(C3)C[C@@H](C)C(OC)[C@@H](C)C2)c1. The molecule has 2 aromatic rings. The van der Waals surface area contributed by atoms with Crippen LogP contribution in [0.15, 0.2) is 41.4 Å². The predicted molar refractivity (Wildman–Crippen MR) is 127 cm³/mol. The number of rotatable bonds is 3. The highest BCUT2D eigenvalue weighted by Gasteiger charge is 2.63. The van der Waals surface area contributed by atoms with Crippen LogP contribution < -0.4 is 10.5 Å². The lowest BCUT2D eigenvalue weighted by atomic mass is 9.57. The fourth-order valence-electron chi connectivity index (χ4n) is 6.94. The average Bonchev–Trinajstić information content (AvgIpc) is 3.31. The van der Waals surface area contributed by atoms with E-state index in [1.165, 1.54) is 11.1 Å². The van der Waals surface area contributed by atoms with Gasteiger partial charge < -0.3 is 19.9 Å². The Balaban J connectivity index is 1.64. The van der Waals surface area contributed by atoms with Gasteiger partial charge in [-0.3, -0.25) is 0 Å². The Bertz CT molecular complexity index is 1160. The zero-order valence-corrected chi connectivity index (χ0v) is 19.7. The molecule has 0 aromatic heterocycles. The number of hydrogen-bond acceptors (Lipinski definition) is 6. The predicted octanol–water partition coefficient (Wildman–Crippen LogP) is 4.40. The van der Waals surface area contributed by atoms with Crippen LogP contribution in [0.4, 0.5) is 0 Å². The fraction of sp³-hybridized carbons (Fsp3) is 0.481. The molecule has 2 N–H and O–H groups in total. The Hall–Kier alpha value is -3.04. The Labute approximate surface area is 195 Å². The highest BCUT2D eigenvalue weighted by Crippen LogP contribution is 2.63. The van der Waals surface area contributed by atoms with Crippen molar-refractivity contribution in [3.63, 3.8) is 0 Å². The minimum Gasteiger partial charge on any atom is -0.497 e. The van der Waals surface area contributed by atoms with Crippen molar-refractivity contribution in [1.82, 2.24) is 0 Å². The van der Waals surface area contributed by atoms with E-state index >= 15 is 0 Å². The summed E-state index contributed by atoms with van der Waals surface area (Å²) < 4.78 is 17.1. The third kappa shape index (κ3) is 3.21. The van der Waals surface area contributed by atoms with E-state index in [1.807, 2.05) is 19.2 Å². The van der Waals surface area contributed by atoms with Crippen molar-refractivity contribution in [2.45, 2.75) is 44.8 Å². The van der Waals surface area contributed by atoms with Crippen LogP contribution >= 0.6 is 0 Å². The Kier molecular flexibility index (Phi) is 5.13. The van der Waals surface area contributed by atoms with Gasteiger partial charge in [0.2, 0.25) is 0 Å². The molecule has 33 heavy (non-hydrogen) atoms. The first kappa shape index (κ1) is 21.8. The minimum absolute atomic E-state index is 0.0604. The van der Waals surface area contributed by atoms with Crippen molar-refractivity contribution in [2.75, 3.05) is 20.8 Å². The van der Waals surface area contributed by atoms with E-state index in [1.54, 1.807) is 13.2 Å². The number of hydrogen-bond donors (Lipinski definition) is 1. The van der Waals surface area contributed by atoms with E-state index in [4.69, 9.17) is 24.9 Å². The van der Waals surface area contributed by atoms with Crippen molar-refractivity contribution >= 4 is 6.02 Å². The molecule has 1 aliphatic heterocycles. The third-order valence-electron chi connectivity index (χ3n) is 8.12. The molecule has 2 aromatic carbocycles. The van der Waals surface area contributed by atoms with Gasteiger partial charge in [-0.2, -0.15) is 5.26 Å². The molecule has 5 rings (SSSR count). The molecule has 6 heteroatoms. The number of benzene rings is 2. The zero-order valence-electron chi connectivity index (χ0n) is 19.7. The summed E-state index contributed by atoms with van der Waals surface area (Å²) in [5.41, 5.74) is 10.6. The minimum atomic E-state index is -0.499. The number of ether oxygens (including phenoxy) is 3. The van der Waals surface area contributed by atoms with E-state index < -0.39 is 5.54 Å². The second kappa shape index (κ2) is 7.78. The molecular weight excluding hydrogens is 414 g/mol. The molecule has 6 nitrogen and oxygen atoms in total. The number of amidine groups is 1. The molecule has 1 saturated carbocycles. The number of nitrogens with two attached hydrogens (primary N) is 1. The number of aliphatic imine (C=N–C) groups is 1. The first-order valence-electron chi connectivity index (χ1n) is 11.6. The van der Waals surface area contributed by atoms with Crippen molar-refractivity contribution in [2.24, 2.45) is 28.0 Å². The van der Waals surface area contributed by atoms with Gasteiger partial charge in [0.05, 0.1) is 24.8 Å². The van der Waals surface area contributed by atoms with Gasteiger partial charge in [0.25, 0.3) is 6.02 Å². The van der Waals surface area contributed by atoms with Gasteiger partial charge in [0.1, 0.15) is 17.9 Å². The van der Waals surface area contributed by atoms with Crippen LogP contribution in [0.25, 0.3) is 11.1 Å². The first-order chi connectivity index (χ1) is 15.8. The summed E-state index contributed by atoms with van der Waals surface area (Å²) in [6, 6.07) is 14.7. The lowest BCUT2D eigenvalue weighted by Gasteiger charge is -2.50. The monoisotopic (exact) mass is 445 g/mol. The van der Waals surface area contributed by atoms with Crippen LogP contribution in [0, 0.1) is 28.6 Å². The smallest absolute Gasteiger partial charge is 0.283 e. The van der Waals surface area contributed by atoms with Gasteiger partial charge in [-0.15, -0.1) is 0 Å². The van der Waals surface area contributed by atoms with Crippen molar-refractivity contribution in [3.8, 4) is 22.9 Å². The molecule has 172 valence electrons. The van der Waals surface area contributed by atoms with Crippen LogP contribution in [-0.2, 0) is 21.4 Å². The molecule has 0 radical (unpaired) electrons. The van der Waals surface area contributed by atoms with E-state index in [-0.39, 0.29) is 17.5 Å². The Morgan fingerprint density at radius 1 is 1.09 bits per heavy atom. The maximum Gasteiger partial charge on any atom is 0.283 e. The molecule has 2 aliphatic carbocycles. The van der Waals surface area contributed by atoms with Gasteiger partial charge in [0.15, 0.2) is 0 Å². The zero-order chi connectivity index (χ0) is 23.4. The van der Waals surface area contributed by atoms with Gasteiger partial charge in [0, 0.05) is 12.5 Å². The van der Waals surface area contributed by atoms with E-state index in [9.17, 15) is 5.26 Å².